The summed E-state index contributed by atoms with van der Waals surface area (Å²) in [5, 5.41) is 8.88. The number of carboxylic acid groups (broad SMARTS) is 1. The minimum absolute atomic E-state index is 0.0435. The number of methoxy groups -OCH3 is 1. The Hall–Kier alpha value is -1.40. The Kier molecular flexibility index (Phi) is 7.25. The third-order valence-electron chi connectivity index (χ3n) is 3.31. The number of allylic oxidation sites excluding steroid dienone is 2. The van der Waals surface area contributed by atoms with E-state index in [4.69, 9.17) is 9.84 Å². The predicted molar refractivity (Wildman–Crippen MR) is 75.3 cm³/mol. The van der Waals surface area contributed by atoms with Gasteiger partial charge in [-0.1, -0.05) is 6.08 Å². The maximum absolute atomic E-state index is 12.3. The first-order chi connectivity index (χ1) is 9.58. The molecule has 6 heteroatoms. The number of rotatable bonds is 9. The molecule has 0 bridgehead atoms. The second-order valence-electron chi connectivity index (χ2n) is 4.82. The van der Waals surface area contributed by atoms with Crippen molar-refractivity contribution >= 4 is 11.9 Å². The lowest BCUT2D eigenvalue weighted by Crippen LogP contribution is -2.42. The Morgan fingerprint density at radius 2 is 2.15 bits per heavy atom. The summed E-state index contributed by atoms with van der Waals surface area (Å²) in [4.78, 5) is 26.5. The van der Waals surface area contributed by atoms with Crippen molar-refractivity contribution in [2.24, 2.45) is 0 Å². The summed E-state index contributed by atoms with van der Waals surface area (Å²) in [5.41, 5.74) is 1.07. The van der Waals surface area contributed by atoms with Crippen molar-refractivity contribution in [1.82, 2.24) is 9.80 Å². The van der Waals surface area contributed by atoms with E-state index in [2.05, 4.69) is 6.08 Å². The summed E-state index contributed by atoms with van der Waals surface area (Å²) in [6.07, 6.45) is 5.12. The molecule has 1 amide bonds. The minimum Gasteiger partial charge on any atom is -0.480 e. The Morgan fingerprint density at radius 1 is 1.40 bits per heavy atom. The minimum atomic E-state index is -0.933. The summed E-state index contributed by atoms with van der Waals surface area (Å²) in [6.45, 7) is 3.37. The number of nitrogens with zero attached hydrogens (tertiary/aromatic N) is 2. The largest absolute Gasteiger partial charge is 0.480 e. The zero-order valence-corrected chi connectivity index (χ0v) is 12.3. The summed E-state index contributed by atoms with van der Waals surface area (Å²) < 4.78 is 4.95. The quantitative estimate of drug-likeness (QED) is 0.682. The molecule has 0 heterocycles. The van der Waals surface area contributed by atoms with E-state index in [0.717, 1.165) is 25.0 Å². The molecule has 1 aliphatic rings. The molecule has 0 aromatic heterocycles. The van der Waals surface area contributed by atoms with Crippen LogP contribution in [0.3, 0.4) is 0 Å². The van der Waals surface area contributed by atoms with Crippen LogP contribution in [-0.2, 0) is 14.3 Å². The van der Waals surface area contributed by atoms with Crippen LogP contribution in [0.4, 0.5) is 0 Å². The molecule has 1 rings (SSSR count). The van der Waals surface area contributed by atoms with Crippen LogP contribution in [0, 0.1) is 0 Å². The average Bonchev–Trinajstić information content (AvgIpc) is 2.90. The molecule has 0 aromatic carbocycles. The molecule has 0 radical (unpaired) electrons. The van der Waals surface area contributed by atoms with Crippen molar-refractivity contribution in [1.29, 1.82) is 0 Å². The van der Waals surface area contributed by atoms with E-state index in [1.807, 2.05) is 6.92 Å². The molecule has 0 aliphatic heterocycles. The molecule has 0 spiro atoms. The van der Waals surface area contributed by atoms with Crippen LogP contribution in [0.1, 0.15) is 26.2 Å². The van der Waals surface area contributed by atoms with Gasteiger partial charge >= 0.3 is 5.97 Å². The number of carbonyl (C=O) groups excluding carboxylic acids is 1. The molecule has 0 saturated heterocycles. The van der Waals surface area contributed by atoms with Gasteiger partial charge in [0.1, 0.15) is 0 Å². The summed E-state index contributed by atoms with van der Waals surface area (Å²) in [7, 11) is 1.56. The SMILES string of the molecule is CCN(C(=O)CN(CCOC)CC(=O)O)C1=CCCC1. The molecule has 1 aliphatic carbocycles. The highest BCUT2D eigenvalue weighted by molar-refractivity contribution is 5.81. The molecule has 0 atom stereocenters. The number of hydrogen-bond acceptors (Lipinski definition) is 4. The van der Waals surface area contributed by atoms with E-state index in [0.29, 0.717) is 19.7 Å². The van der Waals surface area contributed by atoms with E-state index in [9.17, 15) is 9.59 Å². The molecule has 6 nitrogen and oxygen atoms in total. The van der Waals surface area contributed by atoms with Crippen molar-refractivity contribution in [3.05, 3.63) is 11.8 Å². The van der Waals surface area contributed by atoms with Crippen molar-refractivity contribution in [2.75, 3.05) is 39.9 Å². The first kappa shape index (κ1) is 16.7. The number of amides is 1. The molecule has 0 aromatic rings. The molecule has 0 saturated carbocycles. The number of hydrogen-bond donors (Lipinski definition) is 1. The molecule has 20 heavy (non-hydrogen) atoms. The van der Waals surface area contributed by atoms with Crippen molar-refractivity contribution in [3.8, 4) is 0 Å². The van der Waals surface area contributed by atoms with Gasteiger partial charge in [0.15, 0.2) is 0 Å². The fourth-order valence-corrected chi connectivity index (χ4v) is 2.34. The third-order valence-corrected chi connectivity index (χ3v) is 3.31. The highest BCUT2D eigenvalue weighted by Gasteiger charge is 2.21. The van der Waals surface area contributed by atoms with Crippen LogP contribution in [-0.4, -0.2) is 66.7 Å². The standard InChI is InChI=1S/C14H24N2O4/c1-3-16(12-6-4-5-7-12)13(17)10-15(8-9-20-2)11-14(18)19/h6H,3-5,7-11H2,1-2H3,(H,18,19). The summed E-state index contributed by atoms with van der Waals surface area (Å²) in [6, 6.07) is 0. The second-order valence-corrected chi connectivity index (χ2v) is 4.82. The second kappa shape index (κ2) is 8.71. The van der Waals surface area contributed by atoms with E-state index in [1.165, 1.54) is 0 Å². The Bertz CT molecular complexity index is 368. The Labute approximate surface area is 120 Å². The average molecular weight is 284 g/mol. The van der Waals surface area contributed by atoms with Gasteiger partial charge in [-0.05, 0) is 26.2 Å². The van der Waals surface area contributed by atoms with Gasteiger partial charge in [-0.3, -0.25) is 14.5 Å². The maximum atomic E-state index is 12.3. The van der Waals surface area contributed by atoms with Crippen LogP contribution < -0.4 is 0 Å². The zero-order chi connectivity index (χ0) is 15.0. The highest BCUT2D eigenvalue weighted by atomic mass is 16.5. The van der Waals surface area contributed by atoms with Gasteiger partial charge in [0, 0.05) is 25.9 Å². The fourth-order valence-electron chi connectivity index (χ4n) is 2.34. The molecular weight excluding hydrogens is 260 g/mol. The van der Waals surface area contributed by atoms with Gasteiger partial charge in [0.05, 0.1) is 19.7 Å². The number of likely N-dealkylation sites (N-methyl/N-ethyl adjacent to an activating group) is 1. The number of aliphatic carboxylic acids is 1. The zero-order valence-electron chi connectivity index (χ0n) is 12.3. The molecule has 0 fully saturated rings. The topological polar surface area (TPSA) is 70.1 Å². The van der Waals surface area contributed by atoms with Crippen molar-refractivity contribution in [2.45, 2.75) is 26.2 Å². The lowest BCUT2D eigenvalue weighted by molar-refractivity contribution is -0.139. The summed E-state index contributed by atoms with van der Waals surface area (Å²) in [5.74, 6) is -0.977. The normalized spacial score (nSPS) is 14.4. The van der Waals surface area contributed by atoms with Gasteiger partial charge < -0.3 is 14.7 Å². The lowest BCUT2D eigenvalue weighted by atomic mass is 10.3. The Morgan fingerprint density at radius 3 is 2.65 bits per heavy atom. The van der Waals surface area contributed by atoms with Crippen molar-refractivity contribution in [3.63, 3.8) is 0 Å². The van der Waals surface area contributed by atoms with E-state index >= 15 is 0 Å². The first-order valence-electron chi connectivity index (χ1n) is 7.01. The highest BCUT2D eigenvalue weighted by Crippen LogP contribution is 2.21. The monoisotopic (exact) mass is 284 g/mol. The molecule has 114 valence electrons. The van der Waals surface area contributed by atoms with Crippen LogP contribution in [0.5, 0.6) is 0 Å². The van der Waals surface area contributed by atoms with Crippen molar-refractivity contribution < 1.29 is 19.4 Å². The number of ether oxygens (including phenoxy) is 1. The van der Waals surface area contributed by atoms with Gasteiger partial charge in [-0.2, -0.15) is 0 Å². The maximum Gasteiger partial charge on any atom is 0.317 e. The van der Waals surface area contributed by atoms with E-state index < -0.39 is 5.97 Å². The third kappa shape index (κ3) is 5.30. The van der Waals surface area contributed by atoms with E-state index in [1.54, 1.807) is 16.9 Å². The van der Waals surface area contributed by atoms with Gasteiger partial charge in [-0.25, -0.2) is 0 Å². The lowest BCUT2D eigenvalue weighted by Gasteiger charge is -2.26. The van der Waals surface area contributed by atoms with Gasteiger partial charge in [0.2, 0.25) is 5.91 Å². The van der Waals surface area contributed by atoms with Crippen LogP contribution in [0.15, 0.2) is 11.8 Å². The van der Waals surface area contributed by atoms with Gasteiger partial charge in [-0.15, -0.1) is 0 Å². The number of carbonyl (C=O) groups is 2. The van der Waals surface area contributed by atoms with Crippen LogP contribution in [0.25, 0.3) is 0 Å². The molecule has 0 unspecified atom stereocenters. The smallest absolute Gasteiger partial charge is 0.317 e. The first-order valence-corrected chi connectivity index (χ1v) is 7.01. The summed E-state index contributed by atoms with van der Waals surface area (Å²) >= 11 is 0. The van der Waals surface area contributed by atoms with Gasteiger partial charge in [0.25, 0.3) is 0 Å². The van der Waals surface area contributed by atoms with Crippen LogP contribution >= 0.6 is 0 Å². The van der Waals surface area contributed by atoms with E-state index in [-0.39, 0.29) is 19.0 Å². The molecule has 1 N–H and O–H groups in total. The number of carboxylic acids is 1. The predicted octanol–water partition coefficient (Wildman–Crippen LogP) is 0.936. The Balaban J connectivity index is 2.59. The fraction of sp³-hybridized carbons (Fsp3) is 0.714. The molecular formula is C14H24N2O4. The van der Waals surface area contributed by atoms with Crippen LogP contribution in [0.2, 0.25) is 0 Å².